The second-order valence-electron chi connectivity index (χ2n) is 4.92. The Bertz CT molecular complexity index is 747. The number of pyridine rings is 1. The van der Waals surface area contributed by atoms with E-state index in [-0.39, 0.29) is 17.0 Å². The van der Waals surface area contributed by atoms with Crippen LogP contribution in [0.25, 0.3) is 0 Å². The molecule has 0 bridgehead atoms. The third-order valence-electron chi connectivity index (χ3n) is 3.15. The van der Waals surface area contributed by atoms with Gasteiger partial charge in [0.2, 0.25) is 5.91 Å². The van der Waals surface area contributed by atoms with Crippen LogP contribution in [-0.2, 0) is 17.9 Å². The SMILES string of the molecule is CC(=O)NCc1ccc(Cn2cc(C(=O)O)ccc2=O)cc1. The summed E-state index contributed by atoms with van der Waals surface area (Å²) in [4.78, 5) is 33.6. The summed E-state index contributed by atoms with van der Waals surface area (Å²) in [6, 6.07) is 9.94. The lowest BCUT2D eigenvalue weighted by Crippen LogP contribution is -2.21. The van der Waals surface area contributed by atoms with Crippen LogP contribution in [0, 0.1) is 0 Å². The van der Waals surface area contributed by atoms with Gasteiger partial charge in [0, 0.05) is 25.7 Å². The molecule has 6 heteroatoms. The van der Waals surface area contributed by atoms with Crippen LogP contribution >= 0.6 is 0 Å². The van der Waals surface area contributed by atoms with Crippen LogP contribution in [0.4, 0.5) is 0 Å². The average molecular weight is 300 g/mol. The summed E-state index contributed by atoms with van der Waals surface area (Å²) in [5.41, 5.74) is 1.64. The van der Waals surface area contributed by atoms with Crippen molar-refractivity contribution in [2.45, 2.75) is 20.0 Å². The number of rotatable bonds is 5. The fourth-order valence-corrected chi connectivity index (χ4v) is 1.97. The molecule has 2 aromatic rings. The normalized spacial score (nSPS) is 10.2. The monoisotopic (exact) mass is 300 g/mol. The lowest BCUT2D eigenvalue weighted by Gasteiger charge is -2.08. The van der Waals surface area contributed by atoms with Crippen molar-refractivity contribution in [2.24, 2.45) is 0 Å². The van der Waals surface area contributed by atoms with Crippen molar-refractivity contribution >= 4 is 11.9 Å². The standard InChI is InChI=1S/C16H16N2O4/c1-11(19)17-8-12-2-4-13(5-3-12)9-18-10-14(16(21)22)6-7-15(18)20/h2-7,10H,8-9H2,1H3,(H,17,19)(H,21,22). The molecule has 0 aliphatic heterocycles. The summed E-state index contributed by atoms with van der Waals surface area (Å²) in [6.45, 7) is 2.20. The third-order valence-corrected chi connectivity index (χ3v) is 3.15. The number of hydrogen-bond donors (Lipinski definition) is 2. The molecule has 0 saturated carbocycles. The van der Waals surface area contributed by atoms with Crippen molar-refractivity contribution in [1.29, 1.82) is 0 Å². The van der Waals surface area contributed by atoms with Crippen molar-refractivity contribution in [1.82, 2.24) is 9.88 Å². The molecular weight excluding hydrogens is 284 g/mol. The van der Waals surface area contributed by atoms with Crippen molar-refractivity contribution in [3.8, 4) is 0 Å². The molecule has 114 valence electrons. The van der Waals surface area contributed by atoms with Gasteiger partial charge in [0.25, 0.3) is 5.56 Å². The van der Waals surface area contributed by atoms with E-state index in [4.69, 9.17) is 5.11 Å². The summed E-state index contributed by atoms with van der Waals surface area (Å²) < 4.78 is 1.35. The molecule has 6 nitrogen and oxygen atoms in total. The van der Waals surface area contributed by atoms with Crippen LogP contribution in [0.15, 0.2) is 47.4 Å². The Labute approximate surface area is 127 Å². The smallest absolute Gasteiger partial charge is 0.337 e. The van der Waals surface area contributed by atoms with Crippen LogP contribution in [-0.4, -0.2) is 21.6 Å². The first kappa shape index (κ1) is 15.5. The summed E-state index contributed by atoms with van der Waals surface area (Å²) in [7, 11) is 0. The molecule has 0 radical (unpaired) electrons. The van der Waals surface area contributed by atoms with Crippen molar-refractivity contribution in [2.75, 3.05) is 0 Å². The molecule has 2 N–H and O–H groups in total. The van der Waals surface area contributed by atoms with E-state index in [1.54, 1.807) is 0 Å². The van der Waals surface area contributed by atoms with E-state index in [0.29, 0.717) is 13.1 Å². The van der Waals surface area contributed by atoms with Crippen molar-refractivity contribution < 1.29 is 14.7 Å². The number of amides is 1. The maximum Gasteiger partial charge on any atom is 0.337 e. The molecule has 0 aliphatic rings. The van der Waals surface area contributed by atoms with Crippen LogP contribution in [0.5, 0.6) is 0 Å². The molecule has 22 heavy (non-hydrogen) atoms. The molecule has 0 atom stereocenters. The molecule has 0 unspecified atom stereocenters. The first-order chi connectivity index (χ1) is 10.5. The van der Waals surface area contributed by atoms with E-state index < -0.39 is 5.97 Å². The Kier molecular flexibility index (Phi) is 4.73. The minimum absolute atomic E-state index is 0.0712. The minimum Gasteiger partial charge on any atom is -0.478 e. The third kappa shape index (κ3) is 4.05. The van der Waals surface area contributed by atoms with Crippen LogP contribution in [0.1, 0.15) is 28.4 Å². The molecule has 0 fully saturated rings. The van der Waals surface area contributed by atoms with Gasteiger partial charge in [-0.2, -0.15) is 0 Å². The summed E-state index contributed by atoms with van der Waals surface area (Å²) in [6.07, 6.45) is 1.33. The number of aromatic nitrogens is 1. The van der Waals surface area contributed by atoms with E-state index in [1.165, 1.54) is 29.8 Å². The largest absolute Gasteiger partial charge is 0.478 e. The molecule has 1 aromatic carbocycles. The molecular formula is C16H16N2O4. The van der Waals surface area contributed by atoms with E-state index in [9.17, 15) is 14.4 Å². The molecule has 0 spiro atoms. The summed E-state index contributed by atoms with van der Waals surface area (Å²) in [5, 5.41) is 11.7. The highest BCUT2D eigenvalue weighted by Crippen LogP contribution is 2.06. The maximum absolute atomic E-state index is 11.8. The highest BCUT2D eigenvalue weighted by molar-refractivity contribution is 5.87. The zero-order valence-corrected chi connectivity index (χ0v) is 12.1. The number of benzene rings is 1. The first-order valence-electron chi connectivity index (χ1n) is 6.72. The number of hydrogen-bond acceptors (Lipinski definition) is 3. The zero-order chi connectivity index (χ0) is 16.1. The van der Waals surface area contributed by atoms with Gasteiger partial charge in [-0.05, 0) is 17.2 Å². The minimum atomic E-state index is -1.07. The highest BCUT2D eigenvalue weighted by atomic mass is 16.4. The Morgan fingerprint density at radius 1 is 1.09 bits per heavy atom. The predicted molar refractivity (Wildman–Crippen MR) is 80.7 cm³/mol. The molecule has 0 saturated heterocycles. The van der Waals surface area contributed by atoms with Gasteiger partial charge in [-0.15, -0.1) is 0 Å². The Hall–Kier alpha value is -2.89. The van der Waals surface area contributed by atoms with Gasteiger partial charge in [-0.25, -0.2) is 4.79 Å². The number of aromatic carboxylic acids is 1. The summed E-state index contributed by atoms with van der Waals surface area (Å²) in [5.74, 6) is -1.17. The molecule has 1 heterocycles. The number of carbonyl (C=O) groups is 2. The van der Waals surface area contributed by atoms with E-state index >= 15 is 0 Å². The van der Waals surface area contributed by atoms with Gasteiger partial charge in [-0.1, -0.05) is 24.3 Å². The molecule has 0 aliphatic carbocycles. The second-order valence-corrected chi connectivity index (χ2v) is 4.92. The maximum atomic E-state index is 11.8. The molecule has 1 aromatic heterocycles. The number of nitrogens with one attached hydrogen (secondary N) is 1. The van der Waals surface area contributed by atoms with Crippen molar-refractivity contribution in [3.63, 3.8) is 0 Å². The predicted octanol–water partition coefficient (Wildman–Crippen LogP) is 1.23. The van der Waals surface area contributed by atoms with E-state index in [0.717, 1.165) is 11.1 Å². The van der Waals surface area contributed by atoms with Gasteiger partial charge < -0.3 is 15.0 Å². The average Bonchev–Trinajstić information content (AvgIpc) is 2.48. The van der Waals surface area contributed by atoms with Crippen LogP contribution in [0.2, 0.25) is 0 Å². The van der Waals surface area contributed by atoms with Gasteiger partial charge in [-0.3, -0.25) is 9.59 Å². The van der Waals surface area contributed by atoms with Crippen LogP contribution in [0.3, 0.4) is 0 Å². The first-order valence-corrected chi connectivity index (χ1v) is 6.72. The van der Waals surface area contributed by atoms with E-state index in [2.05, 4.69) is 5.32 Å². The van der Waals surface area contributed by atoms with Gasteiger partial charge in [0.05, 0.1) is 12.1 Å². The second kappa shape index (κ2) is 6.71. The van der Waals surface area contributed by atoms with E-state index in [1.807, 2.05) is 24.3 Å². The van der Waals surface area contributed by atoms with Crippen molar-refractivity contribution in [3.05, 3.63) is 69.6 Å². The van der Waals surface area contributed by atoms with Gasteiger partial charge >= 0.3 is 5.97 Å². The molecule has 2 rings (SSSR count). The summed E-state index contributed by atoms with van der Waals surface area (Å²) >= 11 is 0. The lowest BCUT2D eigenvalue weighted by atomic mass is 10.1. The Morgan fingerprint density at radius 3 is 2.32 bits per heavy atom. The van der Waals surface area contributed by atoms with Gasteiger partial charge in [0.15, 0.2) is 0 Å². The topological polar surface area (TPSA) is 88.4 Å². The highest BCUT2D eigenvalue weighted by Gasteiger charge is 2.06. The Balaban J connectivity index is 2.14. The Morgan fingerprint density at radius 2 is 1.73 bits per heavy atom. The quantitative estimate of drug-likeness (QED) is 0.869. The van der Waals surface area contributed by atoms with Gasteiger partial charge in [0.1, 0.15) is 0 Å². The number of carbonyl (C=O) groups excluding carboxylic acids is 1. The lowest BCUT2D eigenvalue weighted by molar-refractivity contribution is -0.119. The number of carboxylic acid groups (broad SMARTS) is 1. The molecule has 1 amide bonds. The fraction of sp³-hybridized carbons (Fsp3) is 0.188. The van der Waals surface area contributed by atoms with Crippen LogP contribution < -0.4 is 10.9 Å². The number of carboxylic acids is 1. The fourth-order valence-electron chi connectivity index (χ4n) is 1.97. The zero-order valence-electron chi connectivity index (χ0n) is 12.1. The number of nitrogens with zero attached hydrogens (tertiary/aromatic N) is 1.